The lowest BCUT2D eigenvalue weighted by Gasteiger charge is -2.37. The number of aryl methyl sites for hydroxylation is 2. The summed E-state index contributed by atoms with van der Waals surface area (Å²) in [6.45, 7) is 17.5. The highest BCUT2D eigenvalue weighted by molar-refractivity contribution is 5.94. The van der Waals surface area contributed by atoms with Crippen LogP contribution >= 0.6 is 0 Å². The van der Waals surface area contributed by atoms with E-state index < -0.39 is 0 Å². The first-order chi connectivity index (χ1) is 16.8. The van der Waals surface area contributed by atoms with Crippen molar-refractivity contribution in [3.05, 3.63) is 65.6 Å². The summed E-state index contributed by atoms with van der Waals surface area (Å²) in [7, 11) is 0. The van der Waals surface area contributed by atoms with E-state index >= 15 is 0 Å². The monoisotopic (exact) mass is 467 g/mol. The molecule has 4 aromatic rings. The van der Waals surface area contributed by atoms with E-state index in [2.05, 4.69) is 104 Å². The van der Waals surface area contributed by atoms with Crippen LogP contribution < -0.4 is 4.90 Å². The van der Waals surface area contributed by atoms with Crippen LogP contribution in [0.2, 0.25) is 0 Å². The zero-order valence-corrected chi connectivity index (χ0v) is 21.9. The van der Waals surface area contributed by atoms with Gasteiger partial charge in [-0.15, -0.1) is 0 Å². The Kier molecular flexibility index (Phi) is 6.37. The molecule has 0 atom stereocenters. The molecule has 0 aliphatic carbocycles. The fourth-order valence-corrected chi connectivity index (χ4v) is 5.44. The zero-order chi connectivity index (χ0) is 24.7. The van der Waals surface area contributed by atoms with E-state index in [4.69, 9.17) is 4.98 Å². The maximum Gasteiger partial charge on any atom is 0.129 e. The molecule has 1 aliphatic rings. The molecule has 1 aliphatic heterocycles. The van der Waals surface area contributed by atoms with Crippen molar-refractivity contribution in [1.29, 1.82) is 0 Å². The first-order valence-corrected chi connectivity index (χ1v) is 12.9. The molecule has 0 saturated carbocycles. The Morgan fingerprint density at radius 3 is 2.14 bits per heavy atom. The Morgan fingerprint density at radius 1 is 0.800 bits per heavy atom. The van der Waals surface area contributed by atoms with Crippen molar-refractivity contribution >= 4 is 16.7 Å². The van der Waals surface area contributed by atoms with Gasteiger partial charge in [0.05, 0.1) is 5.69 Å². The number of aromatic amines is 1. The molecule has 0 spiro atoms. The summed E-state index contributed by atoms with van der Waals surface area (Å²) in [5.74, 6) is 1.47. The van der Waals surface area contributed by atoms with Gasteiger partial charge >= 0.3 is 0 Å². The average Bonchev–Trinajstić information content (AvgIpc) is 3.23. The summed E-state index contributed by atoms with van der Waals surface area (Å²) >= 11 is 0. The van der Waals surface area contributed by atoms with Crippen molar-refractivity contribution in [2.75, 3.05) is 31.1 Å². The van der Waals surface area contributed by atoms with Crippen molar-refractivity contribution in [3.63, 3.8) is 0 Å². The third-order valence-corrected chi connectivity index (χ3v) is 7.23. The van der Waals surface area contributed by atoms with Crippen LogP contribution in [0.1, 0.15) is 50.6 Å². The van der Waals surface area contributed by atoms with Gasteiger partial charge in [-0.1, -0.05) is 19.9 Å². The third-order valence-electron chi connectivity index (χ3n) is 7.23. The molecule has 0 amide bonds. The minimum absolute atomic E-state index is 0.396. The van der Waals surface area contributed by atoms with E-state index in [-0.39, 0.29) is 0 Å². The van der Waals surface area contributed by atoms with Gasteiger partial charge in [0.25, 0.3) is 0 Å². The van der Waals surface area contributed by atoms with Gasteiger partial charge in [0, 0.05) is 66.3 Å². The highest BCUT2D eigenvalue weighted by Crippen LogP contribution is 2.38. The van der Waals surface area contributed by atoms with Gasteiger partial charge < -0.3 is 9.88 Å². The first kappa shape index (κ1) is 23.6. The number of benzene rings is 1. The number of anilines is 1. The second kappa shape index (κ2) is 9.46. The van der Waals surface area contributed by atoms with Crippen molar-refractivity contribution in [2.24, 2.45) is 0 Å². The molecular weight excluding hydrogens is 430 g/mol. The van der Waals surface area contributed by atoms with E-state index in [0.29, 0.717) is 12.0 Å². The minimum Gasteiger partial charge on any atom is -0.354 e. The molecule has 1 aromatic carbocycles. The van der Waals surface area contributed by atoms with Crippen LogP contribution in [0.15, 0.2) is 48.7 Å². The van der Waals surface area contributed by atoms with Crippen LogP contribution in [-0.2, 0) is 0 Å². The minimum atomic E-state index is 0.396. The number of rotatable bonds is 5. The lowest BCUT2D eigenvalue weighted by atomic mass is 9.94. The van der Waals surface area contributed by atoms with Crippen LogP contribution in [0.3, 0.4) is 0 Å². The molecule has 5 nitrogen and oxygen atoms in total. The van der Waals surface area contributed by atoms with Crippen LogP contribution in [0.25, 0.3) is 33.3 Å². The summed E-state index contributed by atoms with van der Waals surface area (Å²) in [6, 6.07) is 16.1. The quantitative estimate of drug-likeness (QED) is 0.361. The first-order valence-electron chi connectivity index (χ1n) is 12.9. The van der Waals surface area contributed by atoms with Crippen molar-refractivity contribution in [3.8, 4) is 22.4 Å². The van der Waals surface area contributed by atoms with Crippen LogP contribution in [-0.4, -0.2) is 52.1 Å². The maximum atomic E-state index is 4.72. The van der Waals surface area contributed by atoms with Gasteiger partial charge in [-0.25, -0.2) is 4.98 Å². The summed E-state index contributed by atoms with van der Waals surface area (Å²) in [6.07, 6.45) is 1.96. The molecule has 1 N–H and O–H groups in total. The normalized spacial score (nSPS) is 15.0. The zero-order valence-electron chi connectivity index (χ0n) is 21.9. The number of nitrogens with zero attached hydrogens (tertiary/aromatic N) is 4. The number of piperazine rings is 1. The largest absolute Gasteiger partial charge is 0.354 e. The lowest BCUT2D eigenvalue weighted by molar-refractivity contribution is 0.209. The molecular formula is C30H37N5. The number of H-pyrrole nitrogens is 1. The maximum absolute atomic E-state index is 4.72. The van der Waals surface area contributed by atoms with Gasteiger partial charge in [-0.2, -0.15) is 0 Å². The molecule has 0 radical (unpaired) electrons. The Morgan fingerprint density at radius 2 is 1.49 bits per heavy atom. The third kappa shape index (κ3) is 4.70. The molecule has 0 unspecified atom stereocenters. The topological polar surface area (TPSA) is 48.1 Å². The molecule has 5 rings (SSSR count). The summed E-state index contributed by atoms with van der Waals surface area (Å²) in [5.41, 5.74) is 9.51. The van der Waals surface area contributed by atoms with Crippen molar-refractivity contribution < 1.29 is 0 Å². The molecule has 4 heterocycles. The van der Waals surface area contributed by atoms with Gasteiger partial charge in [0.1, 0.15) is 5.82 Å². The van der Waals surface area contributed by atoms with Gasteiger partial charge in [-0.05, 0) is 86.7 Å². The number of fused-ring (bicyclic) bond motifs is 1. The molecule has 1 saturated heterocycles. The molecule has 35 heavy (non-hydrogen) atoms. The number of pyridine rings is 2. The molecule has 3 aromatic heterocycles. The van der Waals surface area contributed by atoms with Gasteiger partial charge in [0.2, 0.25) is 0 Å². The molecule has 5 heteroatoms. The fourth-order valence-electron chi connectivity index (χ4n) is 5.44. The van der Waals surface area contributed by atoms with Crippen LogP contribution in [0.5, 0.6) is 0 Å². The summed E-state index contributed by atoms with van der Waals surface area (Å²) in [5, 5.41) is 1.29. The number of hydrogen-bond acceptors (Lipinski definition) is 4. The van der Waals surface area contributed by atoms with E-state index in [1.165, 1.54) is 38.9 Å². The Balaban J connectivity index is 1.52. The SMILES string of the molecule is Cc1cc(-c2[nH]c3ccc(-c4ccnc(N5CCN(C(C)C)CC5)c4)cc3c2C(C)C)cc(C)n1. The van der Waals surface area contributed by atoms with Crippen LogP contribution in [0.4, 0.5) is 5.82 Å². The highest BCUT2D eigenvalue weighted by Gasteiger charge is 2.21. The number of aromatic nitrogens is 3. The predicted octanol–water partition coefficient (Wildman–Crippen LogP) is 6.56. The Labute approximate surface area is 209 Å². The standard InChI is InChI=1S/C30H37N5/c1-19(2)29-26-17-23(7-8-27(26)33-30(29)25-15-21(5)32-22(6)16-25)24-9-10-31-28(18-24)35-13-11-34(12-14-35)20(3)4/h7-10,15-20,33H,11-14H2,1-6H3. The van der Waals surface area contributed by atoms with E-state index in [0.717, 1.165) is 43.4 Å². The molecule has 182 valence electrons. The second-order valence-electron chi connectivity index (χ2n) is 10.5. The van der Waals surface area contributed by atoms with E-state index in [9.17, 15) is 0 Å². The van der Waals surface area contributed by atoms with Crippen molar-refractivity contribution in [1.82, 2.24) is 19.9 Å². The smallest absolute Gasteiger partial charge is 0.129 e. The number of hydrogen-bond donors (Lipinski definition) is 1. The van der Waals surface area contributed by atoms with E-state index in [1.54, 1.807) is 0 Å². The van der Waals surface area contributed by atoms with E-state index in [1.807, 2.05) is 6.20 Å². The second-order valence-corrected chi connectivity index (χ2v) is 10.5. The van der Waals surface area contributed by atoms with Gasteiger partial charge in [-0.3, -0.25) is 9.88 Å². The average molecular weight is 468 g/mol. The van der Waals surface area contributed by atoms with Crippen molar-refractivity contribution in [2.45, 2.75) is 53.5 Å². The molecule has 1 fully saturated rings. The highest BCUT2D eigenvalue weighted by atomic mass is 15.3. The Bertz CT molecular complexity index is 1320. The van der Waals surface area contributed by atoms with Gasteiger partial charge in [0.15, 0.2) is 0 Å². The fraction of sp³-hybridized carbons (Fsp3) is 0.400. The van der Waals surface area contributed by atoms with Crippen LogP contribution in [0, 0.1) is 13.8 Å². The summed E-state index contributed by atoms with van der Waals surface area (Å²) < 4.78 is 0. The predicted molar refractivity (Wildman–Crippen MR) is 147 cm³/mol. The summed E-state index contributed by atoms with van der Waals surface area (Å²) in [4.78, 5) is 18.0. The number of nitrogens with one attached hydrogen (secondary N) is 1. The lowest BCUT2D eigenvalue weighted by Crippen LogP contribution is -2.49. The molecule has 0 bridgehead atoms. The Hall–Kier alpha value is -3.18.